The van der Waals surface area contributed by atoms with E-state index in [1.807, 2.05) is 0 Å². The molecule has 4 rings (SSSR count). The minimum Gasteiger partial charge on any atom is -0.390 e. The molecule has 0 spiro atoms. The van der Waals surface area contributed by atoms with Crippen LogP contribution in [0.1, 0.15) is 47.6 Å². The fraction of sp³-hybridized carbons (Fsp3) is 0.600. The largest absolute Gasteiger partial charge is 0.390 e. The van der Waals surface area contributed by atoms with Crippen LogP contribution in [-0.4, -0.2) is 6.54 Å². The molecule has 3 N–H and O–H groups in total. The highest BCUT2D eigenvalue weighted by atomic mass is 32.1. The normalized spacial score (nSPS) is 28.4. The van der Waals surface area contributed by atoms with E-state index in [9.17, 15) is 0 Å². The Kier molecular flexibility index (Phi) is 2.28. The maximum absolute atomic E-state index is 6.24. The zero-order valence-corrected chi connectivity index (χ0v) is 11.5. The predicted octanol–water partition coefficient (Wildman–Crippen LogP) is 3.35. The minimum absolute atomic E-state index is 0.803. The second-order valence-electron chi connectivity index (χ2n) is 6.12. The molecule has 0 bridgehead atoms. The molecule has 0 aliphatic heterocycles. The number of nitrogens with one attached hydrogen (secondary N) is 1. The van der Waals surface area contributed by atoms with Gasteiger partial charge >= 0.3 is 0 Å². The van der Waals surface area contributed by atoms with E-state index >= 15 is 0 Å². The molecule has 0 aromatic carbocycles. The first-order valence-corrected chi connectivity index (χ1v) is 7.90. The summed E-state index contributed by atoms with van der Waals surface area (Å²) in [6, 6.07) is 0. The lowest BCUT2D eigenvalue weighted by Gasteiger charge is -2.15. The molecule has 2 atom stereocenters. The van der Waals surface area contributed by atoms with Crippen molar-refractivity contribution in [2.75, 3.05) is 12.3 Å². The van der Waals surface area contributed by atoms with Crippen LogP contribution < -0.4 is 11.1 Å². The fourth-order valence-electron chi connectivity index (χ4n) is 3.31. The lowest BCUT2D eigenvalue weighted by Crippen LogP contribution is -2.16. The second-order valence-corrected chi connectivity index (χ2v) is 7.26. The van der Waals surface area contributed by atoms with E-state index in [1.54, 1.807) is 16.9 Å². The van der Waals surface area contributed by atoms with E-state index in [2.05, 4.69) is 11.9 Å². The molecule has 2 saturated carbocycles. The van der Waals surface area contributed by atoms with Crippen LogP contribution in [0.4, 0.5) is 5.00 Å². The van der Waals surface area contributed by atoms with Gasteiger partial charge in [-0.05, 0) is 55.4 Å². The van der Waals surface area contributed by atoms with Crippen LogP contribution in [0.15, 0.2) is 6.58 Å². The lowest BCUT2D eigenvalue weighted by molar-refractivity contribution is 0.675. The van der Waals surface area contributed by atoms with Crippen molar-refractivity contribution >= 4 is 22.0 Å². The number of aryl methyl sites for hydroxylation is 1. The van der Waals surface area contributed by atoms with E-state index in [0.717, 1.165) is 35.0 Å². The Morgan fingerprint density at radius 2 is 2.22 bits per heavy atom. The Balaban J connectivity index is 1.62. The van der Waals surface area contributed by atoms with Gasteiger partial charge in [0.15, 0.2) is 0 Å². The first-order valence-electron chi connectivity index (χ1n) is 7.08. The summed E-state index contributed by atoms with van der Waals surface area (Å²) in [6.07, 6.45) is 6.75. The summed E-state index contributed by atoms with van der Waals surface area (Å²) in [6.45, 7) is 5.31. The summed E-state index contributed by atoms with van der Waals surface area (Å²) in [5.41, 5.74) is 10.1. The number of fused-ring (bicyclic) bond motifs is 3. The molecule has 0 saturated heterocycles. The number of hydrogen-bond donors (Lipinski definition) is 2. The van der Waals surface area contributed by atoms with Crippen LogP contribution in [0, 0.1) is 11.8 Å². The molecule has 2 nitrogen and oxygen atoms in total. The van der Waals surface area contributed by atoms with Gasteiger partial charge in [-0.25, -0.2) is 0 Å². The number of nitrogen functional groups attached to an aromatic ring is 1. The average molecular weight is 260 g/mol. The van der Waals surface area contributed by atoms with Crippen molar-refractivity contribution in [3.8, 4) is 0 Å². The number of hydrogen-bond acceptors (Lipinski definition) is 3. The highest BCUT2D eigenvalue weighted by Gasteiger charge is 2.45. The van der Waals surface area contributed by atoms with Crippen LogP contribution in [0.3, 0.4) is 0 Å². The molecule has 2 fully saturated rings. The van der Waals surface area contributed by atoms with E-state index < -0.39 is 0 Å². The van der Waals surface area contributed by atoms with E-state index in [4.69, 9.17) is 5.73 Å². The quantitative estimate of drug-likeness (QED) is 0.871. The third kappa shape index (κ3) is 1.68. The predicted molar refractivity (Wildman–Crippen MR) is 77.7 cm³/mol. The van der Waals surface area contributed by atoms with Crippen LogP contribution in [0.25, 0.3) is 5.70 Å². The highest BCUT2D eigenvalue weighted by Crippen LogP contribution is 2.59. The molecule has 3 heteroatoms. The van der Waals surface area contributed by atoms with E-state index in [0.29, 0.717) is 0 Å². The maximum Gasteiger partial charge on any atom is 0.0956 e. The molecular formula is C15H20N2S. The number of nitrogens with two attached hydrogens (primary N) is 1. The van der Waals surface area contributed by atoms with Crippen molar-refractivity contribution in [1.29, 1.82) is 0 Å². The first kappa shape index (κ1) is 10.9. The van der Waals surface area contributed by atoms with Crippen molar-refractivity contribution in [2.45, 2.75) is 38.0 Å². The fourth-order valence-corrected chi connectivity index (χ4v) is 4.50. The average Bonchev–Trinajstić information content (AvgIpc) is 3.23. The monoisotopic (exact) mass is 260 g/mol. The summed E-state index contributed by atoms with van der Waals surface area (Å²) in [5.74, 6) is 2.63. The summed E-state index contributed by atoms with van der Waals surface area (Å²) in [7, 11) is 0. The molecular weight excluding hydrogens is 240 g/mol. The Morgan fingerprint density at radius 3 is 3.00 bits per heavy atom. The Hall–Kier alpha value is -0.960. The third-order valence-electron chi connectivity index (χ3n) is 4.69. The van der Waals surface area contributed by atoms with Gasteiger partial charge in [-0.3, -0.25) is 0 Å². The third-order valence-corrected chi connectivity index (χ3v) is 5.78. The van der Waals surface area contributed by atoms with Gasteiger partial charge < -0.3 is 11.1 Å². The summed E-state index contributed by atoms with van der Waals surface area (Å²) in [4.78, 5) is 1.54. The Labute approximate surface area is 112 Å². The van der Waals surface area contributed by atoms with Gasteiger partial charge in [-0.1, -0.05) is 6.58 Å². The van der Waals surface area contributed by atoms with Gasteiger partial charge in [0.1, 0.15) is 0 Å². The van der Waals surface area contributed by atoms with Crippen LogP contribution in [0.5, 0.6) is 0 Å². The zero-order valence-electron chi connectivity index (χ0n) is 10.7. The minimum atomic E-state index is 0.803. The summed E-state index contributed by atoms with van der Waals surface area (Å²) >= 11 is 1.80. The van der Waals surface area contributed by atoms with Gasteiger partial charge in [0.05, 0.1) is 5.00 Å². The molecule has 18 heavy (non-hydrogen) atoms. The van der Waals surface area contributed by atoms with Crippen molar-refractivity contribution in [3.63, 3.8) is 0 Å². The number of thiophene rings is 1. The first-order chi connectivity index (χ1) is 8.74. The van der Waals surface area contributed by atoms with E-state index in [1.165, 1.54) is 42.5 Å². The smallest absolute Gasteiger partial charge is 0.0956 e. The molecule has 1 heterocycles. The van der Waals surface area contributed by atoms with E-state index in [-0.39, 0.29) is 0 Å². The van der Waals surface area contributed by atoms with Crippen molar-refractivity contribution in [1.82, 2.24) is 5.32 Å². The van der Waals surface area contributed by atoms with Crippen molar-refractivity contribution in [2.24, 2.45) is 11.8 Å². The molecule has 0 radical (unpaired) electrons. The zero-order chi connectivity index (χ0) is 12.3. The summed E-state index contributed by atoms with van der Waals surface area (Å²) < 4.78 is 0. The van der Waals surface area contributed by atoms with Crippen molar-refractivity contribution < 1.29 is 0 Å². The van der Waals surface area contributed by atoms with Gasteiger partial charge in [-0.15, -0.1) is 11.3 Å². The second kappa shape index (κ2) is 3.77. The molecule has 2 unspecified atom stereocenters. The van der Waals surface area contributed by atoms with Gasteiger partial charge in [0.25, 0.3) is 0 Å². The Morgan fingerprint density at radius 1 is 1.39 bits per heavy atom. The Bertz CT molecular complexity index is 513. The standard InChI is InChI=1S/C15H20N2S/c1-8(17-7-9-2-3-9)13-14-11-6-10(11)4-5-12(14)18-15(13)16/h9-11,17H,1-7,16H2. The number of rotatable bonds is 4. The molecule has 0 amide bonds. The highest BCUT2D eigenvalue weighted by molar-refractivity contribution is 7.16. The van der Waals surface area contributed by atoms with Gasteiger partial charge in [0, 0.05) is 22.7 Å². The summed E-state index contributed by atoms with van der Waals surface area (Å²) in [5, 5.41) is 4.50. The molecule has 1 aromatic rings. The maximum atomic E-state index is 6.24. The SMILES string of the molecule is C=C(NCC1CC1)c1c(N)sc2c1C1CC1CC2. The van der Waals surface area contributed by atoms with Gasteiger partial charge in [-0.2, -0.15) is 0 Å². The lowest BCUT2D eigenvalue weighted by atomic mass is 9.94. The molecule has 3 aliphatic carbocycles. The number of anilines is 1. The van der Waals surface area contributed by atoms with Gasteiger partial charge in [0.2, 0.25) is 0 Å². The van der Waals surface area contributed by atoms with Crippen LogP contribution in [-0.2, 0) is 6.42 Å². The topological polar surface area (TPSA) is 38.0 Å². The van der Waals surface area contributed by atoms with Crippen molar-refractivity contribution in [3.05, 3.63) is 22.6 Å². The molecule has 1 aromatic heterocycles. The van der Waals surface area contributed by atoms with Crippen LogP contribution >= 0.6 is 11.3 Å². The molecule has 3 aliphatic rings. The molecule has 96 valence electrons. The van der Waals surface area contributed by atoms with Crippen LogP contribution in [0.2, 0.25) is 0 Å².